The summed E-state index contributed by atoms with van der Waals surface area (Å²) in [6.07, 6.45) is 41.2. The van der Waals surface area contributed by atoms with Crippen molar-refractivity contribution in [2.24, 2.45) is 0 Å². The van der Waals surface area contributed by atoms with Crippen LogP contribution in [0.1, 0.15) is 200 Å². The summed E-state index contributed by atoms with van der Waals surface area (Å²) in [5.41, 5.74) is 0. The molecule has 0 aromatic rings. The molecule has 0 aliphatic carbocycles. The first-order chi connectivity index (χ1) is 26.5. The molecule has 9 nitrogen and oxygen atoms in total. The van der Waals surface area contributed by atoms with Gasteiger partial charge in [-0.05, 0) is 19.3 Å². The molecule has 0 heterocycles. The van der Waals surface area contributed by atoms with Crippen molar-refractivity contribution in [1.82, 2.24) is 0 Å². The average molecular weight is 800 g/mol. The van der Waals surface area contributed by atoms with Gasteiger partial charge in [0.25, 0.3) is 7.82 Å². The first-order valence-electron chi connectivity index (χ1n) is 22.6. The summed E-state index contributed by atoms with van der Waals surface area (Å²) in [5, 5.41) is 0. The Morgan fingerprint density at radius 3 is 1.49 bits per heavy atom. The predicted octanol–water partition coefficient (Wildman–Crippen LogP) is 12.1. The van der Waals surface area contributed by atoms with Crippen molar-refractivity contribution in [1.29, 1.82) is 0 Å². The van der Waals surface area contributed by atoms with Crippen molar-refractivity contribution in [3.8, 4) is 0 Å². The highest BCUT2D eigenvalue weighted by Gasteiger charge is 2.21. The first kappa shape index (κ1) is 53.5. The third-order valence-electron chi connectivity index (χ3n) is 9.83. The number of carbonyl (C=O) groups excluding carboxylic acids is 2. The molecule has 0 rings (SSSR count). The molecule has 0 aromatic heterocycles. The molecule has 55 heavy (non-hydrogen) atoms. The molecule has 0 saturated carbocycles. The quantitative estimate of drug-likeness (QED) is 0.0150. The zero-order chi connectivity index (χ0) is 40.7. The van der Waals surface area contributed by atoms with Crippen LogP contribution < -0.4 is 4.89 Å². The number of ether oxygens (including phenoxy) is 2. The molecule has 10 heteroatoms. The summed E-state index contributed by atoms with van der Waals surface area (Å²) in [6, 6.07) is 0. The van der Waals surface area contributed by atoms with Gasteiger partial charge in [-0.25, -0.2) is 4.79 Å². The fourth-order valence-corrected chi connectivity index (χ4v) is 7.00. The van der Waals surface area contributed by atoms with E-state index in [1.54, 1.807) is 6.08 Å². The molecule has 0 aliphatic heterocycles. The smallest absolute Gasteiger partial charge is 0.331 e. The van der Waals surface area contributed by atoms with Gasteiger partial charge in [-0.15, -0.1) is 0 Å². The van der Waals surface area contributed by atoms with E-state index < -0.39 is 32.5 Å². The third-order valence-corrected chi connectivity index (χ3v) is 10.8. The number of nitrogens with zero attached hydrogens (tertiary/aromatic N) is 1. The van der Waals surface area contributed by atoms with E-state index in [0.717, 1.165) is 32.1 Å². The number of esters is 2. The minimum absolute atomic E-state index is 0.0443. The number of allylic oxidation sites excluding steroid dienone is 3. The van der Waals surface area contributed by atoms with Crippen LogP contribution in [0.2, 0.25) is 0 Å². The number of carbonyl (C=O) groups is 2. The summed E-state index contributed by atoms with van der Waals surface area (Å²) in [6.45, 7) is 4.12. The molecule has 0 spiro atoms. The number of hydrogen-bond acceptors (Lipinski definition) is 8. The van der Waals surface area contributed by atoms with E-state index in [4.69, 9.17) is 18.5 Å². The Labute approximate surface area is 339 Å². The highest BCUT2D eigenvalue weighted by atomic mass is 31.2. The van der Waals surface area contributed by atoms with Crippen LogP contribution in [0, 0.1) is 0 Å². The van der Waals surface area contributed by atoms with E-state index in [1.807, 2.05) is 33.3 Å². The first-order valence-corrected chi connectivity index (χ1v) is 24.0. The van der Waals surface area contributed by atoms with Crippen LogP contribution in [0.25, 0.3) is 0 Å². The third kappa shape index (κ3) is 41.9. The van der Waals surface area contributed by atoms with Crippen LogP contribution in [0.15, 0.2) is 24.3 Å². The second-order valence-corrected chi connectivity index (χ2v) is 17.9. The molecule has 0 radical (unpaired) electrons. The van der Waals surface area contributed by atoms with Crippen LogP contribution in [-0.4, -0.2) is 70.0 Å². The minimum Gasteiger partial charge on any atom is -0.756 e. The van der Waals surface area contributed by atoms with Gasteiger partial charge in [0.05, 0.1) is 27.7 Å². The summed E-state index contributed by atoms with van der Waals surface area (Å²) in [4.78, 5) is 37.4. The highest BCUT2D eigenvalue weighted by Crippen LogP contribution is 2.38. The summed E-state index contributed by atoms with van der Waals surface area (Å²) in [7, 11) is 1.12. The monoisotopic (exact) mass is 800 g/mol. The lowest BCUT2D eigenvalue weighted by Gasteiger charge is -2.28. The second-order valence-electron chi connectivity index (χ2n) is 16.5. The number of quaternary nitrogens is 1. The maximum absolute atomic E-state index is 12.6. The van der Waals surface area contributed by atoms with Gasteiger partial charge in [0.1, 0.15) is 19.8 Å². The van der Waals surface area contributed by atoms with Crippen molar-refractivity contribution in [3.05, 3.63) is 24.3 Å². The Hall–Kier alpha value is -1.51. The molecule has 0 fully saturated rings. The predicted molar refractivity (Wildman–Crippen MR) is 227 cm³/mol. The number of unbranched alkanes of at least 4 members (excludes halogenated alkanes) is 26. The topological polar surface area (TPSA) is 111 Å². The van der Waals surface area contributed by atoms with Gasteiger partial charge in [0, 0.05) is 12.5 Å². The lowest BCUT2D eigenvalue weighted by atomic mass is 10.0. The number of phosphoric ester groups is 1. The molecule has 0 bridgehead atoms. The average Bonchev–Trinajstić information content (AvgIpc) is 3.13. The molecule has 0 saturated heterocycles. The van der Waals surface area contributed by atoms with Crippen LogP contribution in [0.4, 0.5) is 0 Å². The van der Waals surface area contributed by atoms with Gasteiger partial charge in [-0.3, -0.25) is 9.36 Å². The lowest BCUT2D eigenvalue weighted by molar-refractivity contribution is -0.870. The van der Waals surface area contributed by atoms with E-state index >= 15 is 0 Å². The molecule has 0 aromatic carbocycles. The van der Waals surface area contributed by atoms with Crippen molar-refractivity contribution in [3.63, 3.8) is 0 Å². The van der Waals surface area contributed by atoms with Gasteiger partial charge in [-0.1, -0.05) is 193 Å². The number of likely N-dealkylation sites (N-methyl/N-ethyl adjacent to an activating group) is 1. The molecule has 0 aliphatic rings. The SMILES string of the molecule is CCCCCCCCCCCCCC/C=C/C=C/C(=O)OC(COC(=O)CCCCCCCCCCCCCCCCC)COP(=O)([O-])OCC[N+](C)(C)C. The van der Waals surface area contributed by atoms with Crippen molar-refractivity contribution >= 4 is 19.8 Å². The molecular formula is C45H86NO8P. The summed E-state index contributed by atoms with van der Waals surface area (Å²) < 4.78 is 33.7. The zero-order valence-corrected chi connectivity index (χ0v) is 37.3. The molecule has 0 amide bonds. The Bertz CT molecular complexity index is 996. The number of phosphoric acid groups is 1. The molecule has 0 N–H and O–H groups in total. The van der Waals surface area contributed by atoms with Gasteiger partial charge in [-0.2, -0.15) is 0 Å². The van der Waals surface area contributed by atoms with Crippen molar-refractivity contribution in [2.75, 3.05) is 47.5 Å². The van der Waals surface area contributed by atoms with E-state index in [2.05, 4.69) is 13.8 Å². The molecular weight excluding hydrogens is 713 g/mol. The molecule has 2 atom stereocenters. The maximum atomic E-state index is 12.6. The fourth-order valence-electron chi connectivity index (χ4n) is 6.27. The standard InChI is InChI=1S/C45H86NO8P/c1-6-8-10-12-14-16-18-20-22-24-26-28-30-32-34-36-38-45(48)54-43(42-53-55(49,50)52-40-39-46(3,4)5)41-51-44(47)37-35-33-31-29-27-25-23-21-19-17-15-13-11-9-7-2/h32,34,36,38,43H,6-31,33,35,37,39-42H2,1-5H3/b34-32+,38-36+. The summed E-state index contributed by atoms with van der Waals surface area (Å²) in [5.74, 6) is -1.08. The summed E-state index contributed by atoms with van der Waals surface area (Å²) >= 11 is 0. The van der Waals surface area contributed by atoms with Gasteiger partial charge < -0.3 is 27.9 Å². The highest BCUT2D eigenvalue weighted by molar-refractivity contribution is 7.45. The number of hydrogen-bond donors (Lipinski definition) is 0. The van der Waals surface area contributed by atoms with E-state index in [-0.39, 0.29) is 19.6 Å². The van der Waals surface area contributed by atoms with Crippen LogP contribution in [0.5, 0.6) is 0 Å². The van der Waals surface area contributed by atoms with E-state index in [1.165, 1.54) is 154 Å². The largest absolute Gasteiger partial charge is 0.756 e. The molecule has 2 unspecified atom stereocenters. The van der Waals surface area contributed by atoms with Crippen LogP contribution >= 0.6 is 7.82 Å². The van der Waals surface area contributed by atoms with E-state index in [9.17, 15) is 19.0 Å². The Morgan fingerprint density at radius 2 is 1.04 bits per heavy atom. The van der Waals surface area contributed by atoms with Crippen molar-refractivity contribution in [2.45, 2.75) is 206 Å². The minimum atomic E-state index is -4.65. The Kier molecular flexibility index (Phi) is 37.0. The van der Waals surface area contributed by atoms with E-state index in [0.29, 0.717) is 11.0 Å². The normalized spacial score (nSPS) is 13.8. The maximum Gasteiger partial charge on any atom is 0.331 e. The van der Waals surface area contributed by atoms with Crippen molar-refractivity contribution < 1.29 is 42.1 Å². The van der Waals surface area contributed by atoms with Gasteiger partial charge in [0.15, 0.2) is 6.10 Å². The van der Waals surface area contributed by atoms with Gasteiger partial charge in [0.2, 0.25) is 0 Å². The van der Waals surface area contributed by atoms with Gasteiger partial charge >= 0.3 is 11.9 Å². The van der Waals surface area contributed by atoms with Crippen LogP contribution in [-0.2, 0) is 32.7 Å². The second kappa shape index (κ2) is 38.0. The molecule has 324 valence electrons. The number of rotatable bonds is 41. The lowest BCUT2D eigenvalue weighted by Crippen LogP contribution is -2.37. The zero-order valence-electron chi connectivity index (χ0n) is 36.4. The van der Waals surface area contributed by atoms with Crippen LogP contribution in [0.3, 0.4) is 0 Å². The Balaban J connectivity index is 4.42. The Morgan fingerprint density at radius 1 is 0.600 bits per heavy atom. The fraction of sp³-hybridized carbons (Fsp3) is 0.867.